The van der Waals surface area contributed by atoms with Crippen molar-refractivity contribution in [2.24, 2.45) is 0 Å². The summed E-state index contributed by atoms with van der Waals surface area (Å²) >= 11 is 0. The van der Waals surface area contributed by atoms with E-state index in [0.717, 1.165) is 0 Å². The lowest BCUT2D eigenvalue weighted by Gasteiger charge is -2.14. The average Bonchev–Trinajstić information content (AvgIpc) is 2.68. The monoisotopic (exact) mass is 276 g/mol. The zero-order valence-corrected chi connectivity index (χ0v) is 11.6. The molecule has 19 heavy (non-hydrogen) atoms. The molecule has 0 aliphatic carbocycles. The predicted octanol–water partition coefficient (Wildman–Crippen LogP) is 3.73. The van der Waals surface area contributed by atoms with Crippen LogP contribution in [0.4, 0.5) is 13.2 Å². The van der Waals surface area contributed by atoms with Crippen molar-refractivity contribution in [1.82, 2.24) is 9.78 Å². The Labute approximate surface area is 110 Å². The van der Waals surface area contributed by atoms with Crippen LogP contribution >= 0.6 is 0 Å². The van der Waals surface area contributed by atoms with Crippen LogP contribution in [-0.4, -0.2) is 21.7 Å². The van der Waals surface area contributed by atoms with E-state index >= 15 is 0 Å². The first-order chi connectivity index (χ1) is 8.54. The summed E-state index contributed by atoms with van der Waals surface area (Å²) in [4.78, 5) is 11.8. The Bertz CT molecular complexity index is 455. The summed E-state index contributed by atoms with van der Waals surface area (Å²) < 4.78 is 38.0. The van der Waals surface area contributed by atoms with Crippen LogP contribution in [0.25, 0.3) is 0 Å². The summed E-state index contributed by atoms with van der Waals surface area (Å²) in [6.07, 6.45) is -4.98. The largest absolute Gasteiger partial charge is 0.390 e. The zero-order chi connectivity index (χ0) is 14.8. The topological polar surface area (TPSA) is 34.9 Å². The minimum absolute atomic E-state index is 0.190. The van der Waals surface area contributed by atoms with Crippen LogP contribution in [0.15, 0.2) is 6.07 Å². The molecule has 0 atom stereocenters. The van der Waals surface area contributed by atoms with Crippen LogP contribution in [0, 0.1) is 0 Å². The van der Waals surface area contributed by atoms with Crippen molar-refractivity contribution in [2.45, 2.75) is 58.7 Å². The molecule has 6 heteroatoms. The van der Waals surface area contributed by atoms with Gasteiger partial charge < -0.3 is 0 Å². The molecule has 1 aromatic rings. The van der Waals surface area contributed by atoms with Gasteiger partial charge >= 0.3 is 6.18 Å². The number of ketones is 1. The molecule has 0 aromatic carbocycles. The van der Waals surface area contributed by atoms with Gasteiger partial charge in [0.2, 0.25) is 0 Å². The lowest BCUT2D eigenvalue weighted by atomic mass is 9.92. The van der Waals surface area contributed by atoms with Crippen LogP contribution in [0.1, 0.15) is 56.7 Å². The number of aromatic nitrogens is 2. The number of hydrogen-bond donors (Lipinski definition) is 0. The summed E-state index contributed by atoms with van der Waals surface area (Å²) in [7, 11) is 0. The molecule has 0 spiro atoms. The Morgan fingerprint density at radius 3 is 2.32 bits per heavy atom. The highest BCUT2D eigenvalue weighted by molar-refractivity contribution is 5.94. The Hall–Kier alpha value is -1.33. The smallest absolute Gasteiger partial charge is 0.292 e. The maximum Gasteiger partial charge on any atom is 0.390 e. The number of aryl methyl sites for hydroxylation is 1. The van der Waals surface area contributed by atoms with Crippen molar-refractivity contribution >= 4 is 5.78 Å². The SMILES string of the molecule is CCC(=O)c1cc(C(C)(C)C)nn1CCC(F)(F)F. The zero-order valence-electron chi connectivity index (χ0n) is 11.6. The molecule has 108 valence electrons. The number of nitrogens with zero attached hydrogens (tertiary/aromatic N) is 2. The summed E-state index contributed by atoms with van der Waals surface area (Å²) in [6.45, 7) is 7.08. The molecule has 3 nitrogen and oxygen atoms in total. The molecular formula is C13H19F3N2O. The molecule has 1 heterocycles. The fraction of sp³-hybridized carbons (Fsp3) is 0.692. The Balaban J connectivity index is 3.07. The van der Waals surface area contributed by atoms with Gasteiger partial charge in [-0.05, 0) is 6.07 Å². The van der Waals surface area contributed by atoms with Gasteiger partial charge in [0.15, 0.2) is 5.78 Å². The van der Waals surface area contributed by atoms with E-state index in [1.165, 1.54) is 4.68 Å². The first kappa shape index (κ1) is 15.7. The Morgan fingerprint density at radius 2 is 1.89 bits per heavy atom. The first-order valence-electron chi connectivity index (χ1n) is 6.23. The van der Waals surface area contributed by atoms with E-state index in [4.69, 9.17) is 0 Å². The van der Waals surface area contributed by atoms with Gasteiger partial charge in [-0.25, -0.2) is 0 Å². The van der Waals surface area contributed by atoms with Crippen LogP contribution in [0.2, 0.25) is 0 Å². The molecule has 0 N–H and O–H groups in total. The molecule has 0 saturated heterocycles. The highest BCUT2D eigenvalue weighted by Gasteiger charge is 2.29. The molecule has 0 saturated carbocycles. The lowest BCUT2D eigenvalue weighted by Crippen LogP contribution is -2.17. The molecule has 0 aliphatic heterocycles. The highest BCUT2D eigenvalue weighted by Crippen LogP contribution is 2.25. The number of carbonyl (C=O) groups excluding carboxylic acids is 1. The van der Waals surface area contributed by atoms with Crippen molar-refractivity contribution in [3.63, 3.8) is 0 Å². The van der Waals surface area contributed by atoms with Crippen molar-refractivity contribution in [3.05, 3.63) is 17.5 Å². The number of rotatable bonds is 4. The quantitative estimate of drug-likeness (QED) is 0.785. The highest BCUT2D eigenvalue weighted by atomic mass is 19.4. The van der Waals surface area contributed by atoms with Crippen LogP contribution in [0.5, 0.6) is 0 Å². The molecule has 0 aliphatic rings. The van der Waals surface area contributed by atoms with Gasteiger partial charge in [0.05, 0.1) is 18.7 Å². The predicted molar refractivity (Wildman–Crippen MR) is 66.2 cm³/mol. The number of alkyl halides is 3. The minimum atomic E-state index is -4.25. The Kier molecular flexibility index (Phi) is 4.43. The molecule has 0 amide bonds. The molecule has 0 fully saturated rings. The maximum atomic E-state index is 12.3. The van der Waals surface area contributed by atoms with Gasteiger partial charge in [-0.2, -0.15) is 18.3 Å². The molecular weight excluding hydrogens is 257 g/mol. The summed E-state index contributed by atoms with van der Waals surface area (Å²) in [5.41, 5.74) is 0.592. The first-order valence-corrected chi connectivity index (χ1v) is 6.23. The number of Topliss-reactive ketones (excluding diaryl/α,β-unsaturated/α-hetero) is 1. The summed E-state index contributed by atoms with van der Waals surface area (Å²) in [5.74, 6) is -0.190. The second kappa shape index (κ2) is 5.35. The van der Waals surface area contributed by atoms with E-state index in [0.29, 0.717) is 5.69 Å². The average molecular weight is 276 g/mol. The Morgan fingerprint density at radius 1 is 1.32 bits per heavy atom. The van der Waals surface area contributed by atoms with E-state index in [-0.39, 0.29) is 29.9 Å². The van der Waals surface area contributed by atoms with E-state index in [2.05, 4.69) is 5.10 Å². The van der Waals surface area contributed by atoms with E-state index in [1.807, 2.05) is 20.8 Å². The number of halogens is 3. The van der Waals surface area contributed by atoms with Crippen molar-refractivity contribution in [1.29, 1.82) is 0 Å². The summed E-state index contributed by atoms with van der Waals surface area (Å²) in [5, 5.41) is 4.15. The van der Waals surface area contributed by atoms with E-state index < -0.39 is 12.6 Å². The molecule has 0 radical (unpaired) electrons. The third-order valence-corrected chi connectivity index (χ3v) is 2.76. The van der Waals surface area contributed by atoms with Crippen molar-refractivity contribution in [2.75, 3.05) is 0 Å². The van der Waals surface area contributed by atoms with Gasteiger partial charge in [-0.15, -0.1) is 0 Å². The van der Waals surface area contributed by atoms with Crippen molar-refractivity contribution in [3.8, 4) is 0 Å². The molecule has 1 rings (SSSR count). The fourth-order valence-electron chi connectivity index (χ4n) is 1.59. The standard InChI is InChI=1S/C13H19F3N2O/c1-5-10(19)9-8-11(12(2,3)4)17-18(9)7-6-13(14,15)16/h8H,5-7H2,1-4H3. The third kappa shape index (κ3) is 4.36. The van der Waals surface area contributed by atoms with Gasteiger partial charge in [0, 0.05) is 11.8 Å². The normalized spacial score (nSPS) is 12.8. The van der Waals surface area contributed by atoms with Gasteiger partial charge in [-0.3, -0.25) is 9.48 Å². The number of carbonyl (C=O) groups is 1. The van der Waals surface area contributed by atoms with E-state index in [1.54, 1.807) is 13.0 Å². The minimum Gasteiger partial charge on any atom is -0.292 e. The number of hydrogen-bond acceptors (Lipinski definition) is 2. The van der Waals surface area contributed by atoms with Gasteiger partial charge in [0.25, 0.3) is 0 Å². The fourth-order valence-corrected chi connectivity index (χ4v) is 1.59. The van der Waals surface area contributed by atoms with Crippen LogP contribution in [-0.2, 0) is 12.0 Å². The summed E-state index contributed by atoms with van der Waals surface area (Å²) in [6, 6.07) is 1.60. The van der Waals surface area contributed by atoms with Crippen molar-refractivity contribution < 1.29 is 18.0 Å². The lowest BCUT2D eigenvalue weighted by molar-refractivity contribution is -0.137. The van der Waals surface area contributed by atoms with Crippen LogP contribution < -0.4 is 0 Å². The second-order valence-electron chi connectivity index (χ2n) is 5.53. The van der Waals surface area contributed by atoms with E-state index in [9.17, 15) is 18.0 Å². The van der Waals surface area contributed by atoms with Gasteiger partial charge in [0.1, 0.15) is 5.69 Å². The van der Waals surface area contributed by atoms with Gasteiger partial charge in [-0.1, -0.05) is 27.7 Å². The molecule has 1 aromatic heterocycles. The second-order valence-corrected chi connectivity index (χ2v) is 5.53. The van der Waals surface area contributed by atoms with Crippen LogP contribution in [0.3, 0.4) is 0 Å². The molecule has 0 bridgehead atoms. The third-order valence-electron chi connectivity index (χ3n) is 2.76. The molecule has 0 unspecified atom stereocenters. The maximum absolute atomic E-state index is 12.3.